The standard InChI is InChI=1S/C6H5F8/c1-2-4(8,9)5(10,11)3(7)6(12,13)14/h3H,1-2H2. The Kier molecular flexibility index (Phi) is 3.40. The first-order valence-electron chi connectivity index (χ1n) is 3.22. The van der Waals surface area contributed by atoms with Crippen LogP contribution in [0.4, 0.5) is 35.1 Å². The van der Waals surface area contributed by atoms with Gasteiger partial charge in [-0.05, 0) is 6.92 Å². The van der Waals surface area contributed by atoms with Crippen LogP contribution in [-0.4, -0.2) is 24.2 Å². The summed E-state index contributed by atoms with van der Waals surface area (Å²) >= 11 is 0. The molecule has 0 saturated carbocycles. The maximum Gasteiger partial charge on any atom is 0.425 e. The smallest absolute Gasteiger partial charge is 0.230 e. The fraction of sp³-hybridized carbons (Fsp3) is 0.833. The van der Waals surface area contributed by atoms with Crippen LogP contribution >= 0.6 is 0 Å². The van der Waals surface area contributed by atoms with Crippen molar-refractivity contribution in [2.24, 2.45) is 0 Å². The highest BCUT2D eigenvalue weighted by Crippen LogP contribution is 2.45. The van der Waals surface area contributed by atoms with Gasteiger partial charge in [0.25, 0.3) is 6.17 Å². The normalized spacial score (nSPS) is 16.9. The Bertz CT molecular complexity index is 192. The lowest BCUT2D eigenvalue weighted by Gasteiger charge is -2.29. The monoisotopic (exact) mass is 229 g/mol. The zero-order valence-corrected chi connectivity index (χ0v) is 6.52. The van der Waals surface area contributed by atoms with E-state index in [4.69, 9.17) is 0 Å². The minimum absolute atomic E-state index is 1.82. The van der Waals surface area contributed by atoms with Crippen LogP contribution in [0.5, 0.6) is 0 Å². The van der Waals surface area contributed by atoms with E-state index >= 15 is 0 Å². The number of alkyl halides is 8. The number of rotatable bonds is 3. The van der Waals surface area contributed by atoms with Gasteiger partial charge in [-0.1, -0.05) is 0 Å². The molecule has 0 aromatic carbocycles. The predicted octanol–water partition coefficient (Wildman–Crippen LogP) is 3.38. The van der Waals surface area contributed by atoms with Crippen LogP contribution in [0, 0.1) is 6.92 Å². The van der Waals surface area contributed by atoms with Gasteiger partial charge in [-0.25, -0.2) is 4.39 Å². The van der Waals surface area contributed by atoms with Crippen molar-refractivity contribution < 1.29 is 35.1 Å². The molecule has 1 radical (unpaired) electrons. The lowest BCUT2D eigenvalue weighted by atomic mass is 10.0. The predicted molar refractivity (Wildman–Crippen MR) is 30.8 cm³/mol. The van der Waals surface area contributed by atoms with Crippen molar-refractivity contribution in [3.05, 3.63) is 6.92 Å². The zero-order chi connectivity index (χ0) is 11.8. The molecule has 0 aromatic rings. The summed E-state index contributed by atoms with van der Waals surface area (Å²) in [5.74, 6) is -10.9. The Morgan fingerprint density at radius 2 is 1.29 bits per heavy atom. The second-order valence-corrected chi connectivity index (χ2v) is 2.48. The summed E-state index contributed by atoms with van der Waals surface area (Å²) in [4.78, 5) is 0. The second kappa shape index (κ2) is 3.54. The van der Waals surface area contributed by atoms with E-state index in [0.29, 0.717) is 0 Å². The molecule has 1 unspecified atom stereocenters. The molecule has 85 valence electrons. The van der Waals surface area contributed by atoms with Crippen LogP contribution in [0.3, 0.4) is 0 Å². The Hall–Kier alpha value is -0.560. The van der Waals surface area contributed by atoms with Crippen molar-refractivity contribution in [3.8, 4) is 0 Å². The quantitative estimate of drug-likeness (QED) is 0.650. The van der Waals surface area contributed by atoms with Crippen molar-refractivity contribution in [1.82, 2.24) is 0 Å². The van der Waals surface area contributed by atoms with Crippen LogP contribution in [-0.2, 0) is 0 Å². The van der Waals surface area contributed by atoms with Gasteiger partial charge in [-0.2, -0.15) is 30.7 Å². The van der Waals surface area contributed by atoms with Gasteiger partial charge < -0.3 is 0 Å². The van der Waals surface area contributed by atoms with Crippen LogP contribution < -0.4 is 0 Å². The second-order valence-electron chi connectivity index (χ2n) is 2.48. The molecule has 0 saturated heterocycles. The third-order valence-corrected chi connectivity index (χ3v) is 1.41. The lowest BCUT2D eigenvalue weighted by Crippen LogP contribution is -2.53. The summed E-state index contributed by atoms with van der Waals surface area (Å²) < 4.78 is 94.9. The summed E-state index contributed by atoms with van der Waals surface area (Å²) in [6, 6.07) is 0. The molecule has 0 spiro atoms. The van der Waals surface area contributed by atoms with Gasteiger partial charge in [0, 0.05) is 6.42 Å². The summed E-state index contributed by atoms with van der Waals surface area (Å²) in [5.41, 5.74) is 0. The summed E-state index contributed by atoms with van der Waals surface area (Å²) in [6.45, 7) is 2.32. The third kappa shape index (κ3) is 2.27. The Balaban J connectivity index is 4.96. The molecule has 0 aromatic heterocycles. The summed E-state index contributed by atoms with van der Waals surface area (Å²) in [5, 5.41) is 0. The van der Waals surface area contributed by atoms with E-state index in [-0.39, 0.29) is 0 Å². The average molecular weight is 229 g/mol. The van der Waals surface area contributed by atoms with Gasteiger partial charge in [0.05, 0.1) is 0 Å². The van der Waals surface area contributed by atoms with E-state index < -0.39 is 30.6 Å². The molecule has 1 atom stereocenters. The molecule has 0 aliphatic rings. The Labute approximate surface area is 73.9 Å². The molecule has 0 N–H and O–H groups in total. The van der Waals surface area contributed by atoms with E-state index in [0.717, 1.165) is 0 Å². The average Bonchev–Trinajstić information content (AvgIpc) is 2.01. The van der Waals surface area contributed by atoms with Crippen LogP contribution in [0.15, 0.2) is 0 Å². The van der Waals surface area contributed by atoms with Gasteiger partial charge in [-0.15, -0.1) is 0 Å². The molecule has 0 aliphatic carbocycles. The molecule has 0 fully saturated rings. The Morgan fingerprint density at radius 3 is 1.50 bits per heavy atom. The largest absolute Gasteiger partial charge is 0.425 e. The van der Waals surface area contributed by atoms with Crippen molar-refractivity contribution in [2.45, 2.75) is 30.6 Å². The fourth-order valence-electron chi connectivity index (χ4n) is 0.558. The Morgan fingerprint density at radius 1 is 0.929 bits per heavy atom. The van der Waals surface area contributed by atoms with Gasteiger partial charge in [0.1, 0.15) is 0 Å². The van der Waals surface area contributed by atoms with Gasteiger partial charge in [-0.3, -0.25) is 0 Å². The number of hydrogen-bond donors (Lipinski definition) is 0. The highest BCUT2D eigenvalue weighted by Gasteiger charge is 2.68. The van der Waals surface area contributed by atoms with E-state index in [1.165, 1.54) is 0 Å². The van der Waals surface area contributed by atoms with Crippen LogP contribution in [0.25, 0.3) is 0 Å². The van der Waals surface area contributed by atoms with Crippen molar-refractivity contribution in [3.63, 3.8) is 0 Å². The van der Waals surface area contributed by atoms with E-state index in [2.05, 4.69) is 6.92 Å². The topological polar surface area (TPSA) is 0 Å². The molecule has 14 heavy (non-hydrogen) atoms. The first kappa shape index (κ1) is 13.4. The number of hydrogen-bond acceptors (Lipinski definition) is 0. The van der Waals surface area contributed by atoms with E-state index in [1.807, 2.05) is 0 Å². The van der Waals surface area contributed by atoms with Crippen molar-refractivity contribution in [2.75, 3.05) is 0 Å². The zero-order valence-electron chi connectivity index (χ0n) is 6.52. The van der Waals surface area contributed by atoms with E-state index in [9.17, 15) is 35.1 Å². The molecular weight excluding hydrogens is 224 g/mol. The summed E-state index contributed by atoms with van der Waals surface area (Å²) in [6.07, 6.45) is -12.7. The molecule has 0 aliphatic heterocycles. The van der Waals surface area contributed by atoms with Crippen molar-refractivity contribution in [1.29, 1.82) is 0 Å². The van der Waals surface area contributed by atoms with Gasteiger partial charge >= 0.3 is 18.0 Å². The molecule has 0 rings (SSSR count). The number of halogens is 8. The lowest BCUT2D eigenvalue weighted by molar-refractivity contribution is -0.305. The summed E-state index contributed by atoms with van der Waals surface area (Å²) in [7, 11) is 0. The third-order valence-electron chi connectivity index (χ3n) is 1.41. The van der Waals surface area contributed by atoms with Gasteiger partial charge in [0.15, 0.2) is 0 Å². The molecule has 0 bridgehead atoms. The van der Waals surface area contributed by atoms with E-state index in [1.54, 1.807) is 0 Å². The fourth-order valence-corrected chi connectivity index (χ4v) is 0.558. The van der Waals surface area contributed by atoms with Crippen molar-refractivity contribution >= 4 is 0 Å². The van der Waals surface area contributed by atoms with Crippen LogP contribution in [0.2, 0.25) is 0 Å². The molecule has 8 heteroatoms. The maximum absolute atomic E-state index is 12.2. The molecule has 0 nitrogen and oxygen atoms in total. The highest BCUT2D eigenvalue weighted by atomic mass is 19.4. The first-order valence-corrected chi connectivity index (χ1v) is 3.22. The minimum Gasteiger partial charge on any atom is -0.230 e. The molecule has 0 heterocycles. The molecule has 0 amide bonds. The SMILES string of the molecule is [CH2]CC(F)(F)C(F)(F)C(F)C(F)(F)F. The highest BCUT2D eigenvalue weighted by molar-refractivity contribution is 4.94. The first-order chi connectivity index (χ1) is 5.97. The maximum atomic E-state index is 12.2. The minimum atomic E-state index is -6.03. The molecular formula is C6H5F8. The van der Waals surface area contributed by atoms with Gasteiger partial charge in [0.2, 0.25) is 0 Å². The van der Waals surface area contributed by atoms with Crippen LogP contribution in [0.1, 0.15) is 6.42 Å².